The van der Waals surface area contributed by atoms with Gasteiger partial charge in [0, 0.05) is 17.5 Å². The van der Waals surface area contributed by atoms with Gasteiger partial charge in [0.05, 0.1) is 11.1 Å². The third kappa shape index (κ3) is 3.04. The van der Waals surface area contributed by atoms with Gasteiger partial charge in [-0.3, -0.25) is 0 Å². The maximum absolute atomic E-state index is 13.2. The van der Waals surface area contributed by atoms with Crippen LogP contribution in [0.25, 0.3) is 0 Å². The summed E-state index contributed by atoms with van der Waals surface area (Å²) in [6.45, 7) is 0.248. The van der Waals surface area contributed by atoms with Crippen molar-refractivity contribution in [1.82, 2.24) is 0 Å². The molecule has 1 unspecified atom stereocenters. The summed E-state index contributed by atoms with van der Waals surface area (Å²) in [5, 5.41) is 9.33. The topological polar surface area (TPSA) is 38.7 Å². The van der Waals surface area contributed by atoms with Crippen LogP contribution in [0, 0.1) is 5.82 Å². The third-order valence-electron chi connectivity index (χ3n) is 3.40. The summed E-state index contributed by atoms with van der Waals surface area (Å²) >= 11 is 3.41. The Bertz CT molecular complexity index is 660. The Labute approximate surface area is 130 Å². The van der Waals surface area contributed by atoms with Gasteiger partial charge in [0.15, 0.2) is 0 Å². The summed E-state index contributed by atoms with van der Waals surface area (Å²) in [7, 11) is 0. The van der Waals surface area contributed by atoms with Crippen LogP contribution in [-0.2, 0) is 13.0 Å². The first-order valence-electron chi connectivity index (χ1n) is 6.63. The normalized spacial score (nSPS) is 16.4. The van der Waals surface area contributed by atoms with E-state index in [1.165, 1.54) is 12.1 Å². The standard InChI is InChI=1S/C16H14BrFO3/c17-14-3-1-2-10(8-19)16(14)20-9-13-7-11-6-12(18)4-5-15(11)21-13/h1-6,13,19H,7-9H2. The number of hydrogen-bond donors (Lipinski definition) is 1. The van der Waals surface area contributed by atoms with Crippen molar-refractivity contribution in [2.75, 3.05) is 6.61 Å². The van der Waals surface area contributed by atoms with E-state index in [4.69, 9.17) is 9.47 Å². The van der Waals surface area contributed by atoms with E-state index in [1.54, 1.807) is 12.1 Å². The van der Waals surface area contributed by atoms with Gasteiger partial charge in [0.2, 0.25) is 0 Å². The molecule has 3 rings (SSSR count). The van der Waals surface area contributed by atoms with E-state index in [0.717, 1.165) is 10.0 Å². The quantitative estimate of drug-likeness (QED) is 0.915. The number of benzene rings is 2. The van der Waals surface area contributed by atoms with Crippen molar-refractivity contribution in [1.29, 1.82) is 0 Å². The van der Waals surface area contributed by atoms with Crippen LogP contribution < -0.4 is 9.47 Å². The molecule has 0 saturated carbocycles. The number of rotatable bonds is 4. The molecule has 0 bridgehead atoms. The third-order valence-corrected chi connectivity index (χ3v) is 4.02. The van der Waals surface area contributed by atoms with Gasteiger partial charge >= 0.3 is 0 Å². The highest BCUT2D eigenvalue weighted by atomic mass is 79.9. The number of para-hydroxylation sites is 1. The molecule has 0 aliphatic carbocycles. The lowest BCUT2D eigenvalue weighted by Crippen LogP contribution is -2.22. The molecule has 2 aromatic carbocycles. The Hall–Kier alpha value is -1.59. The molecular weight excluding hydrogens is 339 g/mol. The molecule has 1 aliphatic heterocycles. The predicted molar refractivity (Wildman–Crippen MR) is 80.1 cm³/mol. The van der Waals surface area contributed by atoms with Gasteiger partial charge < -0.3 is 14.6 Å². The number of ether oxygens (including phenoxy) is 2. The van der Waals surface area contributed by atoms with E-state index in [9.17, 15) is 9.50 Å². The molecule has 5 heteroatoms. The summed E-state index contributed by atoms with van der Waals surface area (Å²) in [6, 6.07) is 10.0. The zero-order valence-electron chi connectivity index (χ0n) is 11.2. The number of fused-ring (bicyclic) bond motifs is 1. The van der Waals surface area contributed by atoms with E-state index >= 15 is 0 Å². The van der Waals surface area contributed by atoms with Gasteiger partial charge in [-0.1, -0.05) is 12.1 Å². The predicted octanol–water partition coefficient (Wildman–Crippen LogP) is 3.46. The molecule has 1 atom stereocenters. The van der Waals surface area contributed by atoms with E-state index < -0.39 is 0 Å². The van der Waals surface area contributed by atoms with Crippen LogP contribution in [0.2, 0.25) is 0 Å². The first-order chi connectivity index (χ1) is 10.2. The van der Waals surface area contributed by atoms with Crippen LogP contribution in [0.3, 0.4) is 0 Å². The van der Waals surface area contributed by atoms with Crippen molar-refractivity contribution in [3.8, 4) is 11.5 Å². The Morgan fingerprint density at radius 2 is 2.19 bits per heavy atom. The molecule has 1 heterocycles. The summed E-state index contributed by atoms with van der Waals surface area (Å²) in [5.41, 5.74) is 1.57. The highest BCUT2D eigenvalue weighted by Crippen LogP contribution is 2.32. The van der Waals surface area contributed by atoms with Gasteiger partial charge in [-0.25, -0.2) is 4.39 Å². The van der Waals surface area contributed by atoms with Crippen molar-refractivity contribution in [3.63, 3.8) is 0 Å². The Kier molecular flexibility index (Phi) is 4.12. The first kappa shape index (κ1) is 14.4. The average Bonchev–Trinajstić information content (AvgIpc) is 2.87. The summed E-state index contributed by atoms with van der Waals surface area (Å²) in [4.78, 5) is 0. The molecule has 2 aromatic rings. The van der Waals surface area contributed by atoms with E-state index in [-0.39, 0.29) is 18.5 Å². The minimum Gasteiger partial charge on any atom is -0.488 e. The van der Waals surface area contributed by atoms with Crippen LogP contribution in [0.5, 0.6) is 11.5 Å². The molecule has 21 heavy (non-hydrogen) atoms. The fourth-order valence-corrected chi connectivity index (χ4v) is 2.92. The fraction of sp³-hybridized carbons (Fsp3) is 0.250. The van der Waals surface area contributed by atoms with Crippen molar-refractivity contribution in [2.24, 2.45) is 0 Å². The number of aliphatic hydroxyl groups is 1. The van der Waals surface area contributed by atoms with Crippen LogP contribution in [0.4, 0.5) is 4.39 Å². The van der Waals surface area contributed by atoms with Gasteiger partial charge in [0.25, 0.3) is 0 Å². The fourth-order valence-electron chi connectivity index (χ4n) is 2.40. The van der Waals surface area contributed by atoms with E-state index in [0.29, 0.717) is 30.1 Å². The molecule has 3 nitrogen and oxygen atoms in total. The van der Waals surface area contributed by atoms with Gasteiger partial charge in [-0.2, -0.15) is 0 Å². The van der Waals surface area contributed by atoms with Gasteiger partial charge in [0.1, 0.15) is 30.0 Å². The lowest BCUT2D eigenvalue weighted by molar-refractivity contribution is 0.145. The van der Waals surface area contributed by atoms with E-state index in [2.05, 4.69) is 15.9 Å². The van der Waals surface area contributed by atoms with Crippen LogP contribution in [0.15, 0.2) is 40.9 Å². The molecule has 0 amide bonds. The second kappa shape index (κ2) is 6.03. The molecule has 110 valence electrons. The average molecular weight is 353 g/mol. The number of aliphatic hydroxyl groups excluding tert-OH is 1. The first-order valence-corrected chi connectivity index (χ1v) is 7.43. The Morgan fingerprint density at radius 1 is 1.33 bits per heavy atom. The number of halogens is 2. The van der Waals surface area contributed by atoms with Gasteiger partial charge in [-0.15, -0.1) is 0 Å². The molecular formula is C16H14BrFO3. The Morgan fingerprint density at radius 3 is 3.00 bits per heavy atom. The van der Waals surface area contributed by atoms with Crippen molar-refractivity contribution >= 4 is 15.9 Å². The summed E-state index contributed by atoms with van der Waals surface area (Å²) < 4.78 is 25.5. The van der Waals surface area contributed by atoms with Gasteiger partial charge in [-0.05, 0) is 40.2 Å². The molecule has 0 radical (unpaired) electrons. The summed E-state index contributed by atoms with van der Waals surface area (Å²) in [6.07, 6.45) is 0.465. The molecule has 0 saturated heterocycles. The highest BCUT2D eigenvalue weighted by Gasteiger charge is 2.24. The second-order valence-corrected chi connectivity index (χ2v) is 5.75. The largest absolute Gasteiger partial charge is 0.488 e. The smallest absolute Gasteiger partial charge is 0.139 e. The van der Waals surface area contributed by atoms with E-state index in [1.807, 2.05) is 12.1 Å². The zero-order valence-corrected chi connectivity index (χ0v) is 12.8. The highest BCUT2D eigenvalue weighted by molar-refractivity contribution is 9.10. The van der Waals surface area contributed by atoms with Crippen molar-refractivity contribution < 1.29 is 19.0 Å². The second-order valence-electron chi connectivity index (χ2n) is 4.89. The zero-order chi connectivity index (χ0) is 14.8. The van der Waals surface area contributed by atoms with Crippen LogP contribution in [0.1, 0.15) is 11.1 Å². The lowest BCUT2D eigenvalue weighted by Gasteiger charge is -2.15. The minimum atomic E-state index is -0.257. The maximum Gasteiger partial charge on any atom is 0.139 e. The monoisotopic (exact) mass is 352 g/mol. The number of hydrogen-bond acceptors (Lipinski definition) is 3. The molecule has 1 N–H and O–H groups in total. The molecule has 0 spiro atoms. The lowest BCUT2D eigenvalue weighted by atomic mass is 10.1. The molecule has 1 aliphatic rings. The van der Waals surface area contributed by atoms with Crippen molar-refractivity contribution in [3.05, 3.63) is 57.8 Å². The Balaban J connectivity index is 1.68. The maximum atomic E-state index is 13.2. The summed E-state index contributed by atoms with van der Waals surface area (Å²) in [5.74, 6) is 1.07. The SMILES string of the molecule is OCc1cccc(Br)c1OCC1Cc2cc(F)ccc2O1. The van der Waals surface area contributed by atoms with Crippen molar-refractivity contribution in [2.45, 2.75) is 19.1 Å². The molecule has 0 fully saturated rings. The minimum absolute atomic E-state index is 0.0915. The molecule has 0 aromatic heterocycles. The van der Waals surface area contributed by atoms with Crippen LogP contribution in [-0.4, -0.2) is 17.8 Å². The van der Waals surface area contributed by atoms with Crippen LogP contribution >= 0.6 is 15.9 Å².